The van der Waals surface area contributed by atoms with Crippen molar-refractivity contribution in [3.05, 3.63) is 65.2 Å². The van der Waals surface area contributed by atoms with Gasteiger partial charge in [0.2, 0.25) is 5.91 Å². The Morgan fingerprint density at radius 1 is 1.16 bits per heavy atom. The first kappa shape index (κ1) is 17.5. The van der Waals surface area contributed by atoms with Crippen molar-refractivity contribution in [1.82, 2.24) is 5.32 Å². The van der Waals surface area contributed by atoms with Crippen LogP contribution in [0.2, 0.25) is 0 Å². The number of ether oxygens (including phenoxy) is 1. The molecule has 3 rings (SSSR count). The monoisotopic (exact) mass is 357 g/mol. The maximum absolute atomic E-state index is 11.6. The third-order valence-corrected chi connectivity index (χ3v) is 5.05. The summed E-state index contributed by atoms with van der Waals surface area (Å²) in [7, 11) is 0. The molecular weight excluding hydrogens is 338 g/mol. The molecule has 6 heteroatoms. The average molecular weight is 357 g/mol. The van der Waals surface area contributed by atoms with Crippen molar-refractivity contribution in [1.29, 1.82) is 0 Å². The summed E-state index contributed by atoms with van der Waals surface area (Å²) in [6, 6.07) is 15.0. The van der Waals surface area contributed by atoms with Gasteiger partial charge in [0.15, 0.2) is 0 Å². The standard InChI is InChI=1S/C19H19NO4S/c1-12-4-2-3-5-15(12)16(21)11-24-14-8-6-13(7-9-14)10-17-18(22)20-19(23)25-17/h2-9,16-17,21H,10-11H2,1H3,(H,20,22,23)/t16-,17?/m0/s1. The number of aliphatic hydroxyl groups is 1. The zero-order valence-electron chi connectivity index (χ0n) is 13.8. The minimum atomic E-state index is -0.689. The minimum absolute atomic E-state index is 0.166. The smallest absolute Gasteiger partial charge is 0.286 e. The number of hydrogen-bond acceptors (Lipinski definition) is 5. The molecule has 2 aromatic carbocycles. The SMILES string of the molecule is Cc1ccccc1[C@@H](O)COc1ccc(CC2SC(=O)NC2=O)cc1. The van der Waals surface area contributed by atoms with E-state index in [9.17, 15) is 14.7 Å². The number of nitrogens with one attached hydrogen (secondary N) is 1. The summed E-state index contributed by atoms with van der Waals surface area (Å²) in [5.41, 5.74) is 2.83. The van der Waals surface area contributed by atoms with Crippen molar-refractivity contribution in [2.24, 2.45) is 0 Å². The van der Waals surface area contributed by atoms with E-state index in [1.165, 1.54) is 0 Å². The molecule has 1 heterocycles. The molecule has 0 aliphatic carbocycles. The molecule has 2 aromatic rings. The van der Waals surface area contributed by atoms with Crippen LogP contribution in [-0.2, 0) is 11.2 Å². The lowest BCUT2D eigenvalue weighted by Crippen LogP contribution is -2.25. The van der Waals surface area contributed by atoms with Gasteiger partial charge in [-0.3, -0.25) is 14.9 Å². The predicted molar refractivity (Wildman–Crippen MR) is 96.7 cm³/mol. The van der Waals surface area contributed by atoms with Gasteiger partial charge < -0.3 is 9.84 Å². The maximum atomic E-state index is 11.6. The van der Waals surface area contributed by atoms with Gasteiger partial charge in [-0.05, 0) is 42.2 Å². The lowest BCUT2D eigenvalue weighted by atomic mass is 10.0. The summed E-state index contributed by atoms with van der Waals surface area (Å²) < 4.78 is 5.65. The first-order valence-corrected chi connectivity index (χ1v) is 8.87. The Morgan fingerprint density at radius 2 is 1.88 bits per heavy atom. The summed E-state index contributed by atoms with van der Waals surface area (Å²) in [6.07, 6.45) is -0.195. The largest absolute Gasteiger partial charge is 0.491 e. The third kappa shape index (κ3) is 4.41. The van der Waals surface area contributed by atoms with Crippen LogP contribution in [0.5, 0.6) is 5.75 Å². The zero-order valence-corrected chi connectivity index (χ0v) is 14.6. The Bertz CT molecular complexity index is 775. The van der Waals surface area contributed by atoms with Crippen LogP contribution in [-0.4, -0.2) is 28.1 Å². The number of thioether (sulfide) groups is 1. The molecule has 0 radical (unpaired) electrons. The Morgan fingerprint density at radius 3 is 2.52 bits per heavy atom. The number of benzene rings is 2. The molecule has 130 valence electrons. The van der Waals surface area contributed by atoms with Crippen molar-refractivity contribution >= 4 is 22.9 Å². The molecule has 0 spiro atoms. The molecule has 1 aliphatic heterocycles. The molecular formula is C19H19NO4S. The molecule has 2 atom stereocenters. The number of carbonyl (C=O) groups is 2. The topological polar surface area (TPSA) is 75.6 Å². The number of amides is 2. The van der Waals surface area contributed by atoms with Gasteiger partial charge in [-0.2, -0.15) is 0 Å². The lowest BCUT2D eigenvalue weighted by Gasteiger charge is -2.15. The molecule has 1 unspecified atom stereocenters. The molecule has 1 aliphatic rings. The molecule has 0 bridgehead atoms. The van der Waals surface area contributed by atoms with Crippen molar-refractivity contribution in [2.45, 2.75) is 24.7 Å². The number of carbonyl (C=O) groups excluding carboxylic acids is 2. The molecule has 25 heavy (non-hydrogen) atoms. The van der Waals surface area contributed by atoms with Crippen molar-refractivity contribution in [3.8, 4) is 5.75 Å². The zero-order chi connectivity index (χ0) is 17.8. The van der Waals surface area contributed by atoms with Crippen LogP contribution >= 0.6 is 11.8 Å². The third-order valence-electron chi connectivity index (χ3n) is 4.07. The summed E-state index contributed by atoms with van der Waals surface area (Å²) in [6.45, 7) is 2.12. The van der Waals surface area contributed by atoms with Crippen LogP contribution in [0.3, 0.4) is 0 Å². The van der Waals surface area contributed by atoms with Crippen LogP contribution in [0.25, 0.3) is 0 Å². The second-order valence-electron chi connectivity index (χ2n) is 5.91. The molecule has 1 saturated heterocycles. The van der Waals surface area contributed by atoms with Crippen LogP contribution in [0.1, 0.15) is 22.8 Å². The summed E-state index contributed by atoms with van der Waals surface area (Å²) in [4.78, 5) is 22.8. The van der Waals surface area contributed by atoms with Crippen molar-refractivity contribution in [3.63, 3.8) is 0 Å². The molecule has 2 N–H and O–H groups in total. The van der Waals surface area contributed by atoms with Gasteiger partial charge in [0.25, 0.3) is 5.24 Å². The van der Waals surface area contributed by atoms with Crippen LogP contribution in [0, 0.1) is 6.92 Å². The van der Waals surface area contributed by atoms with Gasteiger partial charge >= 0.3 is 0 Å². The van der Waals surface area contributed by atoms with E-state index < -0.39 is 6.10 Å². The van der Waals surface area contributed by atoms with E-state index >= 15 is 0 Å². The van der Waals surface area contributed by atoms with Crippen LogP contribution < -0.4 is 10.1 Å². The van der Waals surface area contributed by atoms with Gasteiger partial charge in [0.1, 0.15) is 18.5 Å². The summed E-state index contributed by atoms with van der Waals surface area (Å²) in [5.74, 6) is 0.410. The fraction of sp³-hybridized carbons (Fsp3) is 0.263. The van der Waals surface area contributed by atoms with Gasteiger partial charge in [0.05, 0.1) is 5.25 Å². The first-order chi connectivity index (χ1) is 12.0. The van der Waals surface area contributed by atoms with E-state index in [1.807, 2.05) is 43.3 Å². The number of aliphatic hydroxyl groups excluding tert-OH is 1. The van der Waals surface area contributed by atoms with Gasteiger partial charge in [0, 0.05) is 0 Å². The quantitative estimate of drug-likeness (QED) is 0.831. The molecule has 0 saturated carbocycles. The predicted octanol–water partition coefficient (Wildman–Crippen LogP) is 3.00. The van der Waals surface area contributed by atoms with E-state index in [4.69, 9.17) is 4.74 Å². The second-order valence-corrected chi connectivity index (χ2v) is 7.09. The first-order valence-electron chi connectivity index (χ1n) is 8.00. The molecule has 0 aromatic heterocycles. The summed E-state index contributed by atoms with van der Waals surface area (Å²) in [5, 5.41) is 11.9. The highest BCUT2D eigenvalue weighted by Crippen LogP contribution is 2.24. The van der Waals surface area contributed by atoms with Gasteiger partial charge in [-0.25, -0.2) is 0 Å². The number of aryl methyl sites for hydroxylation is 1. The van der Waals surface area contributed by atoms with E-state index in [0.717, 1.165) is 28.5 Å². The number of hydrogen-bond donors (Lipinski definition) is 2. The highest BCUT2D eigenvalue weighted by molar-refractivity contribution is 8.15. The highest BCUT2D eigenvalue weighted by atomic mass is 32.2. The normalized spacial score (nSPS) is 18.1. The van der Waals surface area contributed by atoms with Crippen molar-refractivity contribution in [2.75, 3.05) is 6.61 Å². The molecule has 1 fully saturated rings. The van der Waals surface area contributed by atoms with E-state index in [-0.39, 0.29) is 23.0 Å². The van der Waals surface area contributed by atoms with E-state index in [0.29, 0.717) is 12.2 Å². The van der Waals surface area contributed by atoms with Crippen molar-refractivity contribution < 1.29 is 19.4 Å². The van der Waals surface area contributed by atoms with Gasteiger partial charge in [-0.15, -0.1) is 0 Å². The van der Waals surface area contributed by atoms with Crippen LogP contribution in [0.4, 0.5) is 4.79 Å². The van der Waals surface area contributed by atoms with Crippen LogP contribution in [0.15, 0.2) is 48.5 Å². The fourth-order valence-electron chi connectivity index (χ4n) is 2.69. The molecule has 5 nitrogen and oxygen atoms in total. The Labute approximate surface area is 150 Å². The minimum Gasteiger partial charge on any atom is -0.491 e. The van der Waals surface area contributed by atoms with Gasteiger partial charge in [-0.1, -0.05) is 48.2 Å². The Kier molecular flexibility index (Phi) is 5.40. The number of imide groups is 1. The van der Waals surface area contributed by atoms with E-state index in [1.54, 1.807) is 12.1 Å². The lowest BCUT2D eigenvalue weighted by molar-refractivity contribution is -0.118. The van der Waals surface area contributed by atoms with E-state index in [2.05, 4.69) is 5.32 Å². The highest BCUT2D eigenvalue weighted by Gasteiger charge is 2.31. The average Bonchev–Trinajstić information content (AvgIpc) is 2.91. The number of rotatable bonds is 6. The second kappa shape index (κ2) is 7.72. The maximum Gasteiger partial charge on any atom is 0.286 e. The Hall–Kier alpha value is -2.31. The fourth-order valence-corrected chi connectivity index (χ4v) is 3.55. The Balaban J connectivity index is 1.55. The molecule has 2 amide bonds. The summed E-state index contributed by atoms with van der Waals surface area (Å²) >= 11 is 1.02.